The fraction of sp³-hybridized carbons (Fsp3) is 0.500. The number of alkyl halides is 2. The third-order valence-electron chi connectivity index (χ3n) is 2.87. The first-order valence-electron chi connectivity index (χ1n) is 6.38. The lowest BCUT2D eigenvalue weighted by Gasteiger charge is -2.16. The maximum atomic E-state index is 12.1. The van der Waals surface area contributed by atoms with Gasteiger partial charge in [-0.15, -0.1) is 0 Å². The number of nitrogens with one attached hydrogen (secondary N) is 1. The van der Waals surface area contributed by atoms with E-state index in [-0.39, 0.29) is 17.7 Å². The van der Waals surface area contributed by atoms with Gasteiger partial charge in [-0.25, -0.2) is 0 Å². The second kappa shape index (κ2) is 7.79. The van der Waals surface area contributed by atoms with E-state index in [4.69, 9.17) is 0 Å². The van der Waals surface area contributed by atoms with Crippen molar-refractivity contribution in [3.05, 3.63) is 29.8 Å². The molecule has 1 aromatic rings. The first-order valence-corrected chi connectivity index (χ1v) is 6.38. The van der Waals surface area contributed by atoms with Crippen LogP contribution in [0.15, 0.2) is 24.3 Å². The lowest BCUT2D eigenvalue weighted by Crippen LogP contribution is -2.28. The number of amides is 1. The number of ether oxygens (including phenoxy) is 1. The SMILES string of the molecule is CC(NCCC(=O)N(C)C)c1cccc(OC(F)F)c1. The van der Waals surface area contributed by atoms with Gasteiger partial charge < -0.3 is 15.0 Å². The Morgan fingerprint density at radius 2 is 2.10 bits per heavy atom. The summed E-state index contributed by atoms with van der Waals surface area (Å²) in [7, 11) is 3.41. The zero-order chi connectivity index (χ0) is 15.1. The highest BCUT2D eigenvalue weighted by Crippen LogP contribution is 2.20. The van der Waals surface area contributed by atoms with Crippen LogP contribution in [-0.4, -0.2) is 38.1 Å². The minimum Gasteiger partial charge on any atom is -0.435 e. The Balaban J connectivity index is 2.50. The molecule has 1 atom stereocenters. The number of carbonyl (C=O) groups is 1. The number of rotatable bonds is 7. The van der Waals surface area contributed by atoms with Crippen LogP contribution in [0.2, 0.25) is 0 Å². The van der Waals surface area contributed by atoms with E-state index in [2.05, 4.69) is 10.1 Å². The van der Waals surface area contributed by atoms with Crippen molar-refractivity contribution < 1.29 is 18.3 Å². The van der Waals surface area contributed by atoms with Crippen molar-refractivity contribution in [1.82, 2.24) is 10.2 Å². The predicted octanol–water partition coefficient (Wildman–Crippen LogP) is 2.42. The molecule has 0 saturated carbocycles. The second-order valence-corrected chi connectivity index (χ2v) is 4.66. The maximum Gasteiger partial charge on any atom is 0.387 e. The van der Waals surface area contributed by atoms with Crippen LogP contribution in [0.25, 0.3) is 0 Å². The number of carbonyl (C=O) groups excluding carboxylic acids is 1. The van der Waals surface area contributed by atoms with Crippen molar-refractivity contribution in [3.63, 3.8) is 0 Å². The highest BCUT2D eigenvalue weighted by atomic mass is 19.3. The normalized spacial score (nSPS) is 12.3. The smallest absolute Gasteiger partial charge is 0.387 e. The molecule has 1 N–H and O–H groups in total. The Hall–Kier alpha value is -1.69. The van der Waals surface area contributed by atoms with Crippen LogP contribution in [0.1, 0.15) is 24.9 Å². The first kappa shape index (κ1) is 16.4. The van der Waals surface area contributed by atoms with Crippen LogP contribution in [0.5, 0.6) is 5.75 Å². The second-order valence-electron chi connectivity index (χ2n) is 4.66. The van der Waals surface area contributed by atoms with E-state index in [0.29, 0.717) is 13.0 Å². The van der Waals surface area contributed by atoms with Crippen LogP contribution in [0.3, 0.4) is 0 Å². The average Bonchev–Trinajstić information content (AvgIpc) is 2.37. The molecule has 0 radical (unpaired) electrons. The Morgan fingerprint density at radius 1 is 1.40 bits per heavy atom. The molecular formula is C14H20F2N2O2. The molecule has 112 valence electrons. The Bertz CT molecular complexity index is 439. The standard InChI is InChI=1S/C14H20F2N2O2/c1-10(17-8-7-13(19)18(2)3)11-5-4-6-12(9-11)20-14(15)16/h4-6,9-10,14,17H,7-8H2,1-3H3. The number of halogens is 2. The van der Waals surface area contributed by atoms with Gasteiger partial charge in [0.1, 0.15) is 5.75 Å². The van der Waals surface area contributed by atoms with Crippen LogP contribution >= 0.6 is 0 Å². The lowest BCUT2D eigenvalue weighted by molar-refractivity contribution is -0.128. The third kappa shape index (κ3) is 5.52. The van der Waals surface area contributed by atoms with E-state index in [9.17, 15) is 13.6 Å². The molecule has 0 heterocycles. The van der Waals surface area contributed by atoms with Crippen molar-refractivity contribution in [2.24, 2.45) is 0 Å². The van der Waals surface area contributed by atoms with Gasteiger partial charge in [0.15, 0.2) is 0 Å². The summed E-state index contributed by atoms with van der Waals surface area (Å²) in [5.74, 6) is 0.176. The van der Waals surface area contributed by atoms with E-state index in [1.165, 1.54) is 11.0 Å². The number of hydrogen-bond acceptors (Lipinski definition) is 3. The molecule has 4 nitrogen and oxygen atoms in total. The number of nitrogens with zero attached hydrogens (tertiary/aromatic N) is 1. The quantitative estimate of drug-likeness (QED) is 0.837. The van der Waals surface area contributed by atoms with Crippen LogP contribution in [0.4, 0.5) is 8.78 Å². The summed E-state index contributed by atoms with van der Waals surface area (Å²) < 4.78 is 28.6. The zero-order valence-electron chi connectivity index (χ0n) is 11.9. The van der Waals surface area contributed by atoms with Gasteiger partial charge in [0, 0.05) is 33.1 Å². The largest absolute Gasteiger partial charge is 0.435 e. The summed E-state index contributed by atoms with van der Waals surface area (Å²) in [5, 5.41) is 3.17. The van der Waals surface area contributed by atoms with Crippen molar-refractivity contribution >= 4 is 5.91 Å². The zero-order valence-corrected chi connectivity index (χ0v) is 11.9. The summed E-state index contributed by atoms with van der Waals surface area (Å²) in [6.45, 7) is -0.397. The molecule has 0 aliphatic rings. The van der Waals surface area contributed by atoms with Gasteiger partial charge in [0.25, 0.3) is 0 Å². The van der Waals surface area contributed by atoms with E-state index >= 15 is 0 Å². The van der Waals surface area contributed by atoms with Gasteiger partial charge in [-0.2, -0.15) is 8.78 Å². The molecule has 0 aromatic heterocycles. The third-order valence-corrected chi connectivity index (χ3v) is 2.87. The molecule has 20 heavy (non-hydrogen) atoms. The predicted molar refractivity (Wildman–Crippen MR) is 72.8 cm³/mol. The molecule has 0 aliphatic carbocycles. The molecule has 0 bridgehead atoms. The van der Waals surface area contributed by atoms with Gasteiger partial charge in [-0.3, -0.25) is 4.79 Å². The first-order chi connectivity index (χ1) is 9.40. The highest BCUT2D eigenvalue weighted by molar-refractivity contribution is 5.75. The van der Waals surface area contributed by atoms with Crippen molar-refractivity contribution in [3.8, 4) is 5.75 Å². The van der Waals surface area contributed by atoms with Crippen LogP contribution in [0, 0.1) is 0 Å². The molecule has 1 amide bonds. The summed E-state index contributed by atoms with van der Waals surface area (Å²) >= 11 is 0. The van der Waals surface area contributed by atoms with E-state index in [1.807, 2.05) is 13.0 Å². The maximum absolute atomic E-state index is 12.1. The monoisotopic (exact) mass is 286 g/mol. The summed E-state index contributed by atoms with van der Waals surface area (Å²) in [5.41, 5.74) is 0.834. The van der Waals surface area contributed by atoms with E-state index in [1.54, 1.807) is 26.2 Å². The average molecular weight is 286 g/mol. The molecule has 6 heteroatoms. The van der Waals surface area contributed by atoms with Gasteiger partial charge in [0.05, 0.1) is 0 Å². The molecule has 0 saturated heterocycles. The molecule has 0 fully saturated rings. The molecule has 1 unspecified atom stereocenters. The minimum atomic E-state index is -2.83. The fourth-order valence-electron chi connectivity index (χ4n) is 1.70. The number of benzene rings is 1. The van der Waals surface area contributed by atoms with E-state index < -0.39 is 6.61 Å². The minimum absolute atomic E-state index is 0.0412. The number of hydrogen-bond donors (Lipinski definition) is 1. The molecule has 1 rings (SSSR count). The Labute approximate surface area is 117 Å². The molecule has 0 aliphatic heterocycles. The van der Waals surface area contributed by atoms with Gasteiger partial charge >= 0.3 is 6.61 Å². The molecule has 0 spiro atoms. The van der Waals surface area contributed by atoms with Gasteiger partial charge in [0.2, 0.25) is 5.91 Å². The van der Waals surface area contributed by atoms with Crippen molar-refractivity contribution in [1.29, 1.82) is 0 Å². The molecule has 1 aromatic carbocycles. The highest BCUT2D eigenvalue weighted by Gasteiger charge is 2.10. The molecular weight excluding hydrogens is 266 g/mol. The topological polar surface area (TPSA) is 41.6 Å². The lowest BCUT2D eigenvalue weighted by atomic mass is 10.1. The van der Waals surface area contributed by atoms with Crippen molar-refractivity contribution in [2.75, 3.05) is 20.6 Å². The van der Waals surface area contributed by atoms with Crippen LogP contribution in [-0.2, 0) is 4.79 Å². The summed E-state index contributed by atoms with van der Waals surface area (Å²) in [6, 6.07) is 6.49. The van der Waals surface area contributed by atoms with E-state index in [0.717, 1.165) is 5.56 Å². The fourth-order valence-corrected chi connectivity index (χ4v) is 1.70. The van der Waals surface area contributed by atoms with Gasteiger partial charge in [-0.05, 0) is 24.6 Å². The Morgan fingerprint density at radius 3 is 2.70 bits per heavy atom. The summed E-state index contributed by atoms with van der Waals surface area (Å²) in [6.07, 6.45) is 0.393. The summed E-state index contributed by atoms with van der Waals surface area (Å²) in [4.78, 5) is 13.0. The Kier molecular flexibility index (Phi) is 6.38. The van der Waals surface area contributed by atoms with Crippen molar-refractivity contribution in [2.45, 2.75) is 26.0 Å². The van der Waals surface area contributed by atoms with Gasteiger partial charge in [-0.1, -0.05) is 12.1 Å². The van der Waals surface area contributed by atoms with Crippen LogP contribution < -0.4 is 10.1 Å².